The maximum absolute atomic E-state index is 13.9. The van der Waals surface area contributed by atoms with Crippen LogP contribution in [-0.4, -0.2) is 31.2 Å². The van der Waals surface area contributed by atoms with Gasteiger partial charge in [-0.2, -0.15) is 5.10 Å². The molecule has 1 atom stereocenters. The smallest absolute Gasteiger partial charge is 0.262 e. The summed E-state index contributed by atoms with van der Waals surface area (Å²) in [5.74, 6) is -0.990. The van der Waals surface area contributed by atoms with Gasteiger partial charge in [0.25, 0.3) is 11.8 Å². The SMILES string of the molecule is COc1cc(/C=N/NC(=O)C(NC(=O)c2ccccc2F)C(C)C)ccc1OCc1cccc(C)c1. The normalized spacial score (nSPS) is 11.8. The number of carbonyl (C=O) groups excluding carboxylic acids is 2. The van der Waals surface area contributed by atoms with Gasteiger partial charge in [0, 0.05) is 0 Å². The van der Waals surface area contributed by atoms with Crippen molar-refractivity contribution in [3.8, 4) is 11.5 Å². The number of ether oxygens (including phenoxy) is 2. The molecule has 0 spiro atoms. The molecule has 3 aromatic carbocycles. The van der Waals surface area contributed by atoms with E-state index in [0.29, 0.717) is 23.7 Å². The predicted octanol–water partition coefficient (Wildman–Crippen LogP) is 4.63. The van der Waals surface area contributed by atoms with Crippen LogP contribution in [0.4, 0.5) is 4.39 Å². The van der Waals surface area contributed by atoms with Crippen LogP contribution in [0.2, 0.25) is 0 Å². The van der Waals surface area contributed by atoms with Crippen molar-refractivity contribution in [3.63, 3.8) is 0 Å². The number of rotatable bonds is 10. The van der Waals surface area contributed by atoms with Crippen LogP contribution in [-0.2, 0) is 11.4 Å². The molecule has 2 N–H and O–H groups in total. The van der Waals surface area contributed by atoms with E-state index < -0.39 is 23.7 Å². The van der Waals surface area contributed by atoms with Crippen molar-refractivity contribution >= 4 is 18.0 Å². The number of halogens is 1. The highest BCUT2D eigenvalue weighted by Crippen LogP contribution is 2.28. The molecule has 7 nitrogen and oxygen atoms in total. The van der Waals surface area contributed by atoms with Gasteiger partial charge in [-0.3, -0.25) is 9.59 Å². The molecule has 0 heterocycles. The maximum Gasteiger partial charge on any atom is 0.262 e. The molecular formula is C28H30FN3O4. The Bertz CT molecular complexity index is 1240. The van der Waals surface area contributed by atoms with E-state index in [0.717, 1.165) is 11.1 Å². The zero-order chi connectivity index (χ0) is 26.1. The minimum absolute atomic E-state index is 0.128. The van der Waals surface area contributed by atoms with Gasteiger partial charge in [0.05, 0.1) is 18.9 Å². The molecule has 1 unspecified atom stereocenters. The van der Waals surface area contributed by atoms with E-state index in [1.165, 1.54) is 24.4 Å². The van der Waals surface area contributed by atoms with Crippen molar-refractivity contribution in [1.29, 1.82) is 0 Å². The number of methoxy groups -OCH3 is 1. The largest absolute Gasteiger partial charge is 0.493 e. The zero-order valence-electron chi connectivity index (χ0n) is 20.7. The molecule has 3 aromatic rings. The number of hydrazone groups is 1. The van der Waals surface area contributed by atoms with Gasteiger partial charge in [-0.15, -0.1) is 0 Å². The molecule has 36 heavy (non-hydrogen) atoms. The molecule has 0 aromatic heterocycles. The molecule has 2 amide bonds. The van der Waals surface area contributed by atoms with E-state index in [2.05, 4.69) is 21.9 Å². The lowest BCUT2D eigenvalue weighted by Crippen LogP contribution is -2.48. The van der Waals surface area contributed by atoms with Gasteiger partial charge >= 0.3 is 0 Å². The summed E-state index contributed by atoms with van der Waals surface area (Å²) in [4.78, 5) is 25.1. The Balaban J connectivity index is 1.62. The standard InChI is InChI=1S/C28H30FN3O4/c1-18(2)26(31-27(33)22-10-5-6-11-23(22)29)28(34)32-30-16-20-12-13-24(25(15-20)35-4)36-17-21-9-7-8-19(3)14-21/h5-16,18,26H,17H2,1-4H3,(H,31,33)(H,32,34)/b30-16+. The summed E-state index contributed by atoms with van der Waals surface area (Å²) in [6.45, 7) is 5.97. The van der Waals surface area contributed by atoms with Crippen molar-refractivity contribution in [2.45, 2.75) is 33.4 Å². The molecule has 0 bridgehead atoms. The summed E-state index contributed by atoms with van der Waals surface area (Å²) < 4.78 is 25.3. The van der Waals surface area contributed by atoms with Gasteiger partial charge in [-0.05, 0) is 54.3 Å². The van der Waals surface area contributed by atoms with Crippen molar-refractivity contribution in [2.24, 2.45) is 11.0 Å². The number of hydrogen-bond donors (Lipinski definition) is 2. The summed E-state index contributed by atoms with van der Waals surface area (Å²) in [5.41, 5.74) is 5.19. The van der Waals surface area contributed by atoms with Crippen LogP contribution in [0.3, 0.4) is 0 Å². The maximum atomic E-state index is 13.9. The molecule has 8 heteroatoms. The van der Waals surface area contributed by atoms with Crippen LogP contribution in [0.1, 0.15) is 40.9 Å². The lowest BCUT2D eigenvalue weighted by atomic mass is 10.0. The minimum atomic E-state index is -0.902. The zero-order valence-corrected chi connectivity index (χ0v) is 20.7. The number of aryl methyl sites for hydroxylation is 1. The lowest BCUT2D eigenvalue weighted by molar-refractivity contribution is -0.123. The van der Waals surface area contributed by atoms with Crippen LogP contribution in [0, 0.1) is 18.7 Å². The van der Waals surface area contributed by atoms with E-state index in [9.17, 15) is 14.0 Å². The summed E-state index contributed by atoms with van der Waals surface area (Å²) >= 11 is 0. The van der Waals surface area contributed by atoms with Gasteiger partial charge in [-0.25, -0.2) is 9.82 Å². The van der Waals surface area contributed by atoms with Crippen molar-refractivity contribution in [1.82, 2.24) is 10.7 Å². The second-order valence-electron chi connectivity index (χ2n) is 8.60. The van der Waals surface area contributed by atoms with Crippen LogP contribution in [0.15, 0.2) is 71.8 Å². The average molecular weight is 492 g/mol. The Morgan fingerprint density at radius 2 is 1.81 bits per heavy atom. The Labute approximate surface area is 210 Å². The van der Waals surface area contributed by atoms with E-state index in [4.69, 9.17) is 9.47 Å². The third-order valence-electron chi connectivity index (χ3n) is 5.41. The minimum Gasteiger partial charge on any atom is -0.493 e. The highest BCUT2D eigenvalue weighted by atomic mass is 19.1. The van der Waals surface area contributed by atoms with E-state index in [1.807, 2.05) is 25.1 Å². The summed E-state index contributed by atoms with van der Waals surface area (Å²) in [7, 11) is 1.54. The molecule has 0 radical (unpaired) electrons. The van der Waals surface area contributed by atoms with Gasteiger partial charge < -0.3 is 14.8 Å². The first-order valence-electron chi connectivity index (χ1n) is 11.5. The molecular weight excluding hydrogens is 461 g/mol. The molecule has 0 aliphatic carbocycles. The number of carbonyl (C=O) groups is 2. The van der Waals surface area contributed by atoms with Gasteiger partial charge in [0.15, 0.2) is 11.5 Å². The third-order valence-corrected chi connectivity index (χ3v) is 5.41. The van der Waals surface area contributed by atoms with Crippen LogP contribution in [0.25, 0.3) is 0 Å². The Morgan fingerprint density at radius 1 is 1.03 bits per heavy atom. The fourth-order valence-electron chi connectivity index (χ4n) is 3.49. The van der Waals surface area contributed by atoms with E-state index in [1.54, 1.807) is 45.2 Å². The second kappa shape index (κ2) is 12.5. The molecule has 0 fully saturated rings. The fraction of sp³-hybridized carbons (Fsp3) is 0.250. The van der Waals surface area contributed by atoms with Gasteiger partial charge in [0.2, 0.25) is 0 Å². The van der Waals surface area contributed by atoms with E-state index >= 15 is 0 Å². The van der Waals surface area contributed by atoms with E-state index in [-0.39, 0.29) is 11.5 Å². The number of nitrogens with zero attached hydrogens (tertiary/aromatic N) is 1. The van der Waals surface area contributed by atoms with Crippen molar-refractivity contribution < 1.29 is 23.5 Å². The Kier molecular flexibility index (Phi) is 9.16. The molecule has 188 valence electrons. The molecule has 3 rings (SSSR count). The molecule has 0 saturated heterocycles. The lowest BCUT2D eigenvalue weighted by Gasteiger charge is -2.20. The quantitative estimate of drug-likeness (QED) is 0.320. The summed E-state index contributed by atoms with van der Waals surface area (Å²) in [6, 6.07) is 18.0. The van der Waals surface area contributed by atoms with Crippen molar-refractivity contribution in [3.05, 3.63) is 94.8 Å². The monoisotopic (exact) mass is 491 g/mol. The first kappa shape index (κ1) is 26.4. The third kappa shape index (κ3) is 7.15. The molecule has 0 aliphatic rings. The number of benzene rings is 3. The van der Waals surface area contributed by atoms with Crippen LogP contribution < -0.4 is 20.2 Å². The summed E-state index contributed by atoms with van der Waals surface area (Å²) in [5, 5.41) is 6.58. The fourth-order valence-corrected chi connectivity index (χ4v) is 3.49. The van der Waals surface area contributed by atoms with Crippen molar-refractivity contribution in [2.75, 3.05) is 7.11 Å². The number of hydrogen-bond acceptors (Lipinski definition) is 5. The number of amides is 2. The summed E-state index contributed by atoms with van der Waals surface area (Å²) in [6.07, 6.45) is 1.46. The van der Waals surface area contributed by atoms with Gasteiger partial charge in [-0.1, -0.05) is 55.8 Å². The molecule has 0 saturated carbocycles. The first-order valence-corrected chi connectivity index (χ1v) is 11.5. The highest BCUT2D eigenvalue weighted by molar-refractivity contribution is 5.98. The Morgan fingerprint density at radius 3 is 2.50 bits per heavy atom. The number of nitrogens with one attached hydrogen (secondary N) is 2. The average Bonchev–Trinajstić information content (AvgIpc) is 2.86. The predicted molar refractivity (Wildman–Crippen MR) is 137 cm³/mol. The highest BCUT2D eigenvalue weighted by Gasteiger charge is 2.25. The Hall–Kier alpha value is -4.20. The van der Waals surface area contributed by atoms with Gasteiger partial charge in [0.1, 0.15) is 18.5 Å². The topological polar surface area (TPSA) is 89.0 Å². The van der Waals surface area contributed by atoms with Crippen LogP contribution >= 0.6 is 0 Å². The second-order valence-corrected chi connectivity index (χ2v) is 8.60. The first-order chi connectivity index (χ1) is 17.3. The van der Waals surface area contributed by atoms with Crippen LogP contribution in [0.5, 0.6) is 11.5 Å². The molecule has 0 aliphatic heterocycles.